The summed E-state index contributed by atoms with van der Waals surface area (Å²) in [6, 6.07) is 21.3. The molecule has 0 bridgehead atoms. The molecule has 7 nitrogen and oxygen atoms in total. The average Bonchev–Trinajstić information content (AvgIpc) is 2.80. The van der Waals surface area contributed by atoms with Crippen molar-refractivity contribution in [1.29, 1.82) is 0 Å². The highest BCUT2D eigenvalue weighted by Crippen LogP contribution is 2.24. The normalized spacial score (nSPS) is 13.7. The number of amides is 4. The summed E-state index contributed by atoms with van der Waals surface area (Å²) in [4.78, 5) is 28.5. The maximum atomic E-state index is 12.5. The van der Waals surface area contributed by atoms with Gasteiger partial charge in [0, 0.05) is 49.5 Å². The summed E-state index contributed by atoms with van der Waals surface area (Å²) in [5, 5.41) is 10.8. The van der Waals surface area contributed by atoms with Gasteiger partial charge in [-0.25, -0.2) is 9.59 Å². The summed E-state index contributed by atoms with van der Waals surface area (Å²) >= 11 is 0. The molecule has 1 aliphatic rings. The molecule has 7 heteroatoms. The topological polar surface area (TPSA) is 76.7 Å². The summed E-state index contributed by atoms with van der Waals surface area (Å²) in [6.45, 7) is 5.52. The Hall–Kier alpha value is -3.74. The molecule has 1 fully saturated rings. The number of nitrogens with zero attached hydrogens (tertiary/aromatic N) is 2. The quantitative estimate of drug-likeness (QED) is 0.591. The van der Waals surface area contributed by atoms with Crippen LogP contribution in [0.3, 0.4) is 0 Å². The van der Waals surface area contributed by atoms with Gasteiger partial charge in [-0.15, -0.1) is 0 Å². The van der Waals surface area contributed by atoms with Crippen LogP contribution in [0.1, 0.15) is 6.92 Å². The average molecular weight is 418 g/mol. The monoisotopic (exact) mass is 417 g/mol. The molecular formula is C24H27N5O2. The molecular weight excluding hydrogens is 390 g/mol. The van der Waals surface area contributed by atoms with E-state index in [1.54, 1.807) is 0 Å². The van der Waals surface area contributed by atoms with Gasteiger partial charge in [0.2, 0.25) is 0 Å². The molecule has 1 saturated heterocycles. The molecule has 31 heavy (non-hydrogen) atoms. The van der Waals surface area contributed by atoms with Crippen molar-refractivity contribution in [3.8, 4) is 0 Å². The van der Waals surface area contributed by atoms with Crippen molar-refractivity contribution in [3.05, 3.63) is 66.7 Å². The predicted octanol–water partition coefficient (Wildman–Crippen LogP) is 4.34. The third-order valence-corrected chi connectivity index (χ3v) is 5.42. The summed E-state index contributed by atoms with van der Waals surface area (Å²) in [7, 11) is 0. The van der Waals surface area contributed by atoms with E-state index in [4.69, 9.17) is 0 Å². The SMILES string of the molecule is CCNC(=O)N1CCN(c2ccc(NC(=O)Nc3cccc4ccccc34)cc2)CC1. The summed E-state index contributed by atoms with van der Waals surface area (Å²) in [5.41, 5.74) is 2.58. The molecule has 4 amide bonds. The highest BCUT2D eigenvalue weighted by Gasteiger charge is 2.20. The van der Waals surface area contributed by atoms with Crippen molar-refractivity contribution in [2.24, 2.45) is 0 Å². The largest absolute Gasteiger partial charge is 0.368 e. The van der Waals surface area contributed by atoms with Crippen LogP contribution in [-0.4, -0.2) is 49.7 Å². The first-order valence-electron chi connectivity index (χ1n) is 10.6. The zero-order valence-electron chi connectivity index (χ0n) is 17.6. The van der Waals surface area contributed by atoms with Gasteiger partial charge in [0.1, 0.15) is 0 Å². The van der Waals surface area contributed by atoms with Gasteiger partial charge in [-0.1, -0.05) is 36.4 Å². The molecule has 0 saturated carbocycles. The number of fused-ring (bicyclic) bond motifs is 1. The third-order valence-electron chi connectivity index (χ3n) is 5.42. The van der Waals surface area contributed by atoms with E-state index in [0.717, 1.165) is 40.9 Å². The lowest BCUT2D eigenvalue weighted by molar-refractivity contribution is 0.195. The van der Waals surface area contributed by atoms with Crippen LogP contribution in [0.15, 0.2) is 66.7 Å². The number of nitrogens with one attached hydrogen (secondary N) is 3. The number of carbonyl (C=O) groups excluding carboxylic acids is 2. The fourth-order valence-corrected chi connectivity index (χ4v) is 3.81. The van der Waals surface area contributed by atoms with E-state index >= 15 is 0 Å². The molecule has 0 spiro atoms. The van der Waals surface area contributed by atoms with Crippen LogP contribution in [0.25, 0.3) is 10.8 Å². The molecule has 0 unspecified atom stereocenters. The standard InChI is InChI=1S/C24H27N5O2/c1-2-25-24(31)29-16-14-28(15-17-29)20-12-10-19(11-13-20)26-23(30)27-22-9-5-7-18-6-3-4-8-21(18)22/h3-13H,2,14-17H2,1H3,(H,25,31)(H2,26,27,30). The summed E-state index contributed by atoms with van der Waals surface area (Å²) in [5.74, 6) is 0. The minimum Gasteiger partial charge on any atom is -0.368 e. The van der Waals surface area contributed by atoms with Crippen molar-refractivity contribution < 1.29 is 9.59 Å². The van der Waals surface area contributed by atoms with E-state index in [0.29, 0.717) is 19.6 Å². The number of benzene rings is 3. The van der Waals surface area contributed by atoms with Crippen LogP contribution in [0.4, 0.5) is 26.7 Å². The van der Waals surface area contributed by atoms with Crippen molar-refractivity contribution in [2.45, 2.75) is 6.92 Å². The second kappa shape index (κ2) is 9.38. The van der Waals surface area contributed by atoms with Gasteiger partial charge in [-0.3, -0.25) is 0 Å². The van der Waals surface area contributed by atoms with Gasteiger partial charge < -0.3 is 25.8 Å². The Balaban J connectivity index is 1.33. The molecule has 0 radical (unpaired) electrons. The van der Waals surface area contributed by atoms with Crippen LogP contribution < -0.4 is 20.9 Å². The van der Waals surface area contributed by atoms with Gasteiger partial charge in [0.05, 0.1) is 5.69 Å². The Morgan fingerprint density at radius 3 is 2.29 bits per heavy atom. The Morgan fingerprint density at radius 1 is 0.839 bits per heavy atom. The highest BCUT2D eigenvalue weighted by molar-refractivity contribution is 6.06. The zero-order valence-corrected chi connectivity index (χ0v) is 17.6. The van der Waals surface area contributed by atoms with Gasteiger partial charge in [0.15, 0.2) is 0 Å². The first-order chi connectivity index (χ1) is 15.1. The van der Waals surface area contributed by atoms with Crippen LogP contribution in [-0.2, 0) is 0 Å². The van der Waals surface area contributed by atoms with E-state index in [9.17, 15) is 9.59 Å². The Labute approximate surface area is 182 Å². The van der Waals surface area contributed by atoms with Crippen molar-refractivity contribution in [2.75, 3.05) is 48.3 Å². The lowest BCUT2D eigenvalue weighted by Crippen LogP contribution is -2.51. The maximum absolute atomic E-state index is 12.5. The van der Waals surface area contributed by atoms with E-state index < -0.39 is 0 Å². The van der Waals surface area contributed by atoms with Gasteiger partial charge in [-0.05, 0) is 42.6 Å². The Bertz CT molecular complexity index is 1050. The molecule has 160 valence electrons. The molecule has 3 N–H and O–H groups in total. The summed E-state index contributed by atoms with van der Waals surface area (Å²) < 4.78 is 0. The molecule has 1 heterocycles. The smallest absolute Gasteiger partial charge is 0.323 e. The first-order valence-corrected chi connectivity index (χ1v) is 10.6. The van der Waals surface area contributed by atoms with Crippen LogP contribution in [0, 0.1) is 0 Å². The first kappa shape index (κ1) is 20.5. The number of piperazine rings is 1. The van der Waals surface area contributed by atoms with E-state index in [1.165, 1.54) is 0 Å². The van der Waals surface area contributed by atoms with Crippen LogP contribution in [0.5, 0.6) is 0 Å². The second-order valence-electron chi connectivity index (χ2n) is 7.46. The number of anilines is 3. The lowest BCUT2D eigenvalue weighted by atomic mass is 10.1. The zero-order chi connectivity index (χ0) is 21.6. The number of rotatable bonds is 4. The molecule has 0 aliphatic carbocycles. The second-order valence-corrected chi connectivity index (χ2v) is 7.46. The minimum atomic E-state index is -0.278. The number of urea groups is 2. The maximum Gasteiger partial charge on any atom is 0.323 e. The molecule has 4 rings (SSSR count). The third kappa shape index (κ3) is 4.88. The van der Waals surface area contributed by atoms with E-state index in [-0.39, 0.29) is 12.1 Å². The van der Waals surface area contributed by atoms with Gasteiger partial charge >= 0.3 is 12.1 Å². The number of carbonyl (C=O) groups is 2. The Kier molecular flexibility index (Phi) is 6.21. The van der Waals surface area contributed by atoms with Crippen LogP contribution >= 0.6 is 0 Å². The molecule has 3 aromatic carbocycles. The fraction of sp³-hybridized carbons (Fsp3) is 0.250. The lowest BCUT2D eigenvalue weighted by Gasteiger charge is -2.36. The predicted molar refractivity (Wildman–Crippen MR) is 126 cm³/mol. The summed E-state index contributed by atoms with van der Waals surface area (Å²) in [6.07, 6.45) is 0. The van der Waals surface area contributed by atoms with Gasteiger partial charge in [-0.2, -0.15) is 0 Å². The highest BCUT2D eigenvalue weighted by atomic mass is 16.2. The minimum absolute atomic E-state index is 0.00101. The fourth-order valence-electron chi connectivity index (χ4n) is 3.81. The molecule has 1 aliphatic heterocycles. The Morgan fingerprint density at radius 2 is 1.55 bits per heavy atom. The van der Waals surface area contributed by atoms with Crippen molar-refractivity contribution >= 4 is 39.9 Å². The van der Waals surface area contributed by atoms with Crippen LogP contribution in [0.2, 0.25) is 0 Å². The van der Waals surface area contributed by atoms with Gasteiger partial charge in [0.25, 0.3) is 0 Å². The van der Waals surface area contributed by atoms with E-state index in [1.807, 2.05) is 78.6 Å². The van der Waals surface area contributed by atoms with Crippen molar-refractivity contribution in [1.82, 2.24) is 10.2 Å². The molecule has 0 aromatic heterocycles. The number of hydrogen-bond donors (Lipinski definition) is 3. The molecule has 0 atom stereocenters. The number of hydrogen-bond acceptors (Lipinski definition) is 3. The van der Waals surface area contributed by atoms with E-state index in [2.05, 4.69) is 20.9 Å². The molecule has 3 aromatic rings. The van der Waals surface area contributed by atoms with Crippen molar-refractivity contribution in [3.63, 3.8) is 0 Å².